The molecule has 0 aliphatic rings. The van der Waals surface area contributed by atoms with Gasteiger partial charge in [-0.2, -0.15) is 18.2 Å². The van der Waals surface area contributed by atoms with Crippen molar-refractivity contribution in [2.24, 2.45) is 0 Å². The monoisotopic (exact) mass is 1270 g/mol. The van der Waals surface area contributed by atoms with Crippen LogP contribution in [0.3, 0.4) is 0 Å². The van der Waals surface area contributed by atoms with Gasteiger partial charge in [0.05, 0.1) is 58.2 Å². The van der Waals surface area contributed by atoms with Crippen LogP contribution in [0.5, 0.6) is 11.5 Å². The van der Waals surface area contributed by atoms with Crippen LogP contribution in [0, 0.1) is 18.5 Å². The van der Waals surface area contributed by atoms with E-state index in [0.29, 0.717) is 33.9 Å². The van der Waals surface area contributed by atoms with Gasteiger partial charge in [0.2, 0.25) is 0 Å². The first-order valence-electron chi connectivity index (χ1n) is 32.4. The average Bonchev–Trinajstić information content (AvgIpc) is 1.42. The van der Waals surface area contributed by atoms with Crippen LogP contribution in [0.15, 0.2) is 261 Å². The van der Waals surface area contributed by atoms with E-state index in [-0.39, 0.29) is 54.4 Å². The molecule has 5 heterocycles. The van der Waals surface area contributed by atoms with Crippen molar-refractivity contribution in [2.75, 3.05) is 0 Å². The standard InChI is InChI=1S/C76H52N6O.Pt/c1-76(2,3)52-42-43-77-73(44-52)82-68-36-17-12-30-59(68)61-41-40-56(48-72(61)82)83-55-27-20-26-53(45-55)78-49-79(70-38-19-18-37-69(70)78)74-63(50-22-6-4-7-23-50)46-54(47-64(74)51-24-8-5-9-25-51)80-65-33-14-13-31-60(65)62-32-21-39-71(75(62)80)81-66-34-15-10-28-57(66)58-29-11-16-35-67(58)81;/h4-44,46-47H,1-3H3;/q-2;/i4D,5D,6D,7D,8D,9D,22D,23D,24D,25D;. The SMILES string of the molecule is [2H]c1c([2H])c([2H])c(-c2cc(-n3c4ccccc4c4cccc(-n5c6ccccc6c6ccccc65)c43)cc(-c3c([2H])c([2H])c([2H])c([2H])c3[2H])c2-[n+]2[c-]n(-c3[c-]c(Oc4[c-]c5c(cc4)c4ccccc4n5-c4cc(C(C)(C)C)ccn4)ccc3)c3ccccc32)c([2H])c1[2H].[Pt]. The summed E-state index contributed by atoms with van der Waals surface area (Å²) >= 11 is 0. The summed E-state index contributed by atoms with van der Waals surface area (Å²) in [6.07, 6.45) is 5.39. The van der Waals surface area contributed by atoms with Gasteiger partial charge in [-0.1, -0.05) is 196 Å². The van der Waals surface area contributed by atoms with Gasteiger partial charge in [-0.05, 0) is 98.9 Å². The minimum atomic E-state index is -0.605. The van der Waals surface area contributed by atoms with Crippen LogP contribution in [0.2, 0.25) is 0 Å². The number of pyridine rings is 1. The molecule has 0 saturated carbocycles. The summed E-state index contributed by atoms with van der Waals surface area (Å²) in [7, 11) is 0. The summed E-state index contributed by atoms with van der Waals surface area (Å²) in [5.41, 5.74) is 8.75. The summed E-state index contributed by atoms with van der Waals surface area (Å²) in [5.74, 6) is 1.50. The van der Waals surface area contributed by atoms with Crippen LogP contribution in [0.25, 0.3) is 127 Å². The number of aromatic nitrogens is 6. The van der Waals surface area contributed by atoms with E-state index in [2.05, 4.69) is 101 Å². The van der Waals surface area contributed by atoms with Gasteiger partial charge in [-0.25, -0.2) is 4.98 Å². The van der Waals surface area contributed by atoms with Crippen LogP contribution in [0.4, 0.5) is 0 Å². The maximum Gasteiger partial charge on any atom is 0.268 e. The van der Waals surface area contributed by atoms with Crippen molar-refractivity contribution in [1.82, 2.24) is 23.3 Å². The van der Waals surface area contributed by atoms with Crippen molar-refractivity contribution >= 4 is 76.5 Å². The van der Waals surface area contributed by atoms with Gasteiger partial charge < -0.3 is 23.0 Å². The molecular weight excluding hydrogens is 1210 g/mol. The first-order valence-corrected chi connectivity index (χ1v) is 27.4. The largest absolute Gasteiger partial charge is 0.510 e. The quantitative estimate of drug-likeness (QED) is 0.107. The summed E-state index contributed by atoms with van der Waals surface area (Å²) in [6.45, 7) is 6.52. The molecule has 11 aromatic carbocycles. The van der Waals surface area contributed by atoms with Gasteiger partial charge in [0, 0.05) is 71.5 Å². The first kappa shape index (κ1) is 41.0. The average molecular weight is 1270 g/mol. The van der Waals surface area contributed by atoms with Crippen molar-refractivity contribution in [1.29, 1.82) is 0 Å². The van der Waals surface area contributed by atoms with Gasteiger partial charge in [-0.15, -0.1) is 29.7 Å². The van der Waals surface area contributed by atoms with E-state index in [9.17, 15) is 11.0 Å². The van der Waals surface area contributed by atoms with Crippen molar-refractivity contribution in [3.05, 3.63) is 285 Å². The van der Waals surface area contributed by atoms with Gasteiger partial charge in [-0.3, -0.25) is 4.57 Å². The zero-order valence-electron chi connectivity index (χ0n) is 55.5. The fourth-order valence-corrected chi connectivity index (χ4v) is 12.1. The molecule has 0 radical (unpaired) electrons. The number of nitrogens with zero attached hydrogens (tertiary/aromatic N) is 6. The van der Waals surface area contributed by atoms with Gasteiger partial charge in [0.25, 0.3) is 6.33 Å². The molecule has 16 rings (SSSR count). The molecule has 0 bridgehead atoms. The molecule has 0 N–H and O–H groups in total. The summed E-state index contributed by atoms with van der Waals surface area (Å²) in [6, 6.07) is 64.4. The van der Waals surface area contributed by atoms with Crippen molar-refractivity contribution in [2.45, 2.75) is 26.2 Å². The third kappa shape index (κ3) is 8.21. The maximum absolute atomic E-state index is 9.76. The van der Waals surface area contributed by atoms with Gasteiger partial charge in [0.1, 0.15) is 5.82 Å². The van der Waals surface area contributed by atoms with Crippen LogP contribution in [-0.4, -0.2) is 23.3 Å². The molecule has 8 heteroatoms. The normalized spacial score (nSPS) is 13.6. The third-order valence-electron chi connectivity index (χ3n) is 15.8. The molecule has 0 saturated heterocycles. The minimum absolute atomic E-state index is 0. The molecule has 84 heavy (non-hydrogen) atoms. The number of ether oxygens (including phenoxy) is 1. The molecule has 5 aromatic heterocycles. The molecule has 0 amide bonds. The van der Waals surface area contributed by atoms with Crippen LogP contribution >= 0.6 is 0 Å². The van der Waals surface area contributed by atoms with Gasteiger partial charge in [0.15, 0.2) is 0 Å². The van der Waals surface area contributed by atoms with E-state index in [4.69, 9.17) is 12.5 Å². The number of imidazole rings is 1. The van der Waals surface area contributed by atoms with Crippen LogP contribution in [-0.2, 0) is 26.5 Å². The predicted octanol–water partition coefficient (Wildman–Crippen LogP) is 18.4. The van der Waals surface area contributed by atoms with E-state index in [0.717, 1.165) is 82.5 Å². The Bertz CT molecular complexity index is 5680. The second-order valence-electron chi connectivity index (χ2n) is 21.6. The number of benzene rings is 11. The van der Waals surface area contributed by atoms with Crippen LogP contribution < -0.4 is 9.30 Å². The molecule has 0 spiro atoms. The third-order valence-corrected chi connectivity index (χ3v) is 15.8. The zero-order chi connectivity index (χ0) is 64.0. The molecule has 7 nitrogen and oxygen atoms in total. The fraction of sp³-hybridized carbons (Fsp3) is 0.0526. The van der Waals surface area contributed by atoms with Crippen LogP contribution in [0.1, 0.15) is 40.0 Å². The Kier molecular flexibility index (Phi) is 9.82. The zero-order valence-corrected chi connectivity index (χ0v) is 47.7. The Morgan fingerprint density at radius 1 is 0.488 bits per heavy atom. The molecule has 0 unspecified atom stereocenters. The summed E-state index contributed by atoms with van der Waals surface area (Å²) in [5, 5.41) is 5.83. The number of hydrogen-bond donors (Lipinski definition) is 0. The molecule has 16 aromatic rings. The number of fused-ring (bicyclic) bond motifs is 10. The van der Waals surface area contributed by atoms with Crippen molar-refractivity contribution in [3.63, 3.8) is 0 Å². The van der Waals surface area contributed by atoms with Crippen molar-refractivity contribution < 1.29 is 44.1 Å². The van der Waals surface area contributed by atoms with Gasteiger partial charge >= 0.3 is 0 Å². The fourth-order valence-electron chi connectivity index (χ4n) is 12.1. The predicted molar refractivity (Wildman–Crippen MR) is 338 cm³/mol. The Morgan fingerprint density at radius 3 is 1.67 bits per heavy atom. The number of rotatable bonds is 9. The van der Waals surface area contributed by atoms with E-state index in [1.807, 2.05) is 134 Å². The molecule has 0 atom stereocenters. The maximum atomic E-state index is 9.76. The molecule has 404 valence electrons. The number of para-hydroxylation sites is 7. The molecule has 0 fully saturated rings. The molecule has 0 aliphatic heterocycles. The second-order valence-corrected chi connectivity index (χ2v) is 21.6. The molecule has 0 aliphatic carbocycles. The Balaban J connectivity index is 0.00000729. The van der Waals surface area contributed by atoms with Crippen molar-refractivity contribution in [3.8, 4) is 62.3 Å². The smallest absolute Gasteiger partial charge is 0.268 e. The first-order chi connectivity index (χ1) is 45.0. The summed E-state index contributed by atoms with van der Waals surface area (Å²) in [4.78, 5) is 4.85. The van der Waals surface area contributed by atoms with E-state index >= 15 is 0 Å². The Morgan fingerprint density at radius 2 is 1.02 bits per heavy atom. The summed E-state index contributed by atoms with van der Waals surface area (Å²) < 4.78 is 110. The van der Waals surface area contributed by atoms with E-state index < -0.39 is 60.4 Å². The minimum Gasteiger partial charge on any atom is -0.510 e. The topological polar surface area (TPSA) is 45.7 Å². The Labute approximate surface area is 514 Å². The molecular formula is C76H52N6OPt-2. The van der Waals surface area contributed by atoms with E-state index in [1.54, 1.807) is 27.3 Å². The Hall–Kier alpha value is -10.1. The second kappa shape index (κ2) is 20.1. The number of hydrogen-bond acceptors (Lipinski definition) is 2. The van der Waals surface area contributed by atoms with E-state index in [1.165, 1.54) is 0 Å².